The number of hydrogen-bond donors (Lipinski definition) is 2. The summed E-state index contributed by atoms with van der Waals surface area (Å²) >= 11 is 3.49. The minimum atomic E-state index is -1.11. The first kappa shape index (κ1) is 18.2. The van der Waals surface area contributed by atoms with Crippen molar-refractivity contribution in [3.8, 4) is 28.1 Å². The topological polar surface area (TPSA) is 88.1 Å². The molecule has 4 aromatic rings. The van der Waals surface area contributed by atoms with Crippen molar-refractivity contribution in [2.45, 2.75) is 6.92 Å². The average Bonchev–Trinajstić information content (AvgIpc) is 3.12. The largest absolute Gasteiger partial charge is 0.496 e. The molecule has 6 nitrogen and oxygen atoms in total. The van der Waals surface area contributed by atoms with Crippen LogP contribution in [-0.4, -0.2) is 33.4 Å². The normalized spacial score (nSPS) is 11.0. The second-order valence-electron chi connectivity index (χ2n) is 6.37. The first-order valence-corrected chi connectivity index (χ1v) is 9.30. The van der Waals surface area contributed by atoms with Gasteiger partial charge in [0.2, 0.25) is 0 Å². The molecule has 0 saturated carbocycles. The van der Waals surface area contributed by atoms with E-state index in [1.165, 1.54) is 0 Å². The molecule has 0 fully saturated rings. The van der Waals surface area contributed by atoms with E-state index < -0.39 is 5.97 Å². The van der Waals surface area contributed by atoms with Gasteiger partial charge in [-0.15, -0.1) is 0 Å². The molecule has 0 unspecified atom stereocenters. The first-order valence-electron chi connectivity index (χ1n) is 8.51. The molecule has 2 aromatic heterocycles. The van der Waals surface area contributed by atoms with Gasteiger partial charge in [0, 0.05) is 21.2 Å². The molecule has 4 rings (SSSR count). The number of H-pyrrole nitrogens is 1. The van der Waals surface area contributed by atoms with Crippen LogP contribution in [-0.2, 0) is 0 Å². The van der Waals surface area contributed by atoms with Gasteiger partial charge < -0.3 is 9.84 Å². The molecule has 0 atom stereocenters. The number of hydrogen-bond acceptors (Lipinski definition) is 4. The minimum Gasteiger partial charge on any atom is -0.496 e. The summed E-state index contributed by atoms with van der Waals surface area (Å²) in [6.45, 7) is 2.02. The smallest absolute Gasteiger partial charge is 0.354 e. The predicted octanol–water partition coefficient (Wildman–Crippen LogP) is 5.07. The van der Waals surface area contributed by atoms with Gasteiger partial charge in [0.1, 0.15) is 5.75 Å². The Morgan fingerprint density at radius 2 is 1.86 bits per heavy atom. The van der Waals surface area contributed by atoms with Gasteiger partial charge in [0.25, 0.3) is 0 Å². The van der Waals surface area contributed by atoms with Crippen LogP contribution in [0.5, 0.6) is 5.75 Å². The number of ether oxygens (including phenoxy) is 1. The highest BCUT2D eigenvalue weighted by Crippen LogP contribution is 2.40. The molecule has 0 amide bonds. The number of aryl methyl sites for hydroxylation is 1. The summed E-state index contributed by atoms with van der Waals surface area (Å²) in [6.07, 6.45) is 0. The number of aromatic nitrogens is 3. The number of aromatic carboxylic acids is 1. The van der Waals surface area contributed by atoms with Gasteiger partial charge in [-0.2, -0.15) is 5.10 Å². The summed E-state index contributed by atoms with van der Waals surface area (Å²) < 4.78 is 6.37. The van der Waals surface area contributed by atoms with Gasteiger partial charge in [0.05, 0.1) is 18.2 Å². The maximum absolute atomic E-state index is 11.6. The quantitative estimate of drug-likeness (QED) is 0.465. The number of carboxylic acids is 1. The van der Waals surface area contributed by atoms with Crippen LogP contribution in [0.4, 0.5) is 0 Å². The summed E-state index contributed by atoms with van der Waals surface area (Å²) in [4.78, 5) is 15.8. The van der Waals surface area contributed by atoms with E-state index >= 15 is 0 Å². The fraction of sp³-hybridized carbons (Fsp3) is 0.0952. The van der Waals surface area contributed by atoms with E-state index in [1.807, 2.05) is 49.4 Å². The summed E-state index contributed by atoms with van der Waals surface area (Å²) in [6, 6.07) is 15.2. The van der Waals surface area contributed by atoms with Crippen LogP contribution >= 0.6 is 15.9 Å². The molecule has 7 heteroatoms. The number of nitrogens with zero attached hydrogens (tertiary/aromatic N) is 2. The Balaban J connectivity index is 2.08. The summed E-state index contributed by atoms with van der Waals surface area (Å²) in [7, 11) is 1.58. The molecule has 2 aromatic carbocycles. The number of aromatic amines is 1. The van der Waals surface area contributed by atoms with Gasteiger partial charge in [-0.3, -0.25) is 5.10 Å². The van der Waals surface area contributed by atoms with Gasteiger partial charge in [0.15, 0.2) is 11.3 Å². The Morgan fingerprint density at radius 3 is 2.54 bits per heavy atom. The molecule has 0 saturated heterocycles. The number of pyridine rings is 1. The molecule has 140 valence electrons. The van der Waals surface area contributed by atoms with Crippen LogP contribution in [0.15, 0.2) is 53.0 Å². The SMILES string of the molecule is COc1ccc(Br)cc1-c1cc(C(=O)O)nc2n[nH]c(-c3ccc(C)cc3)c12. The molecule has 0 aliphatic carbocycles. The fourth-order valence-electron chi connectivity index (χ4n) is 3.17. The highest BCUT2D eigenvalue weighted by molar-refractivity contribution is 9.10. The van der Waals surface area contributed by atoms with Gasteiger partial charge >= 0.3 is 5.97 Å². The van der Waals surface area contributed by atoms with Crippen molar-refractivity contribution >= 4 is 32.9 Å². The van der Waals surface area contributed by atoms with Crippen LogP contribution in [0.2, 0.25) is 0 Å². The van der Waals surface area contributed by atoms with Gasteiger partial charge in [-0.05, 0) is 31.2 Å². The van der Waals surface area contributed by atoms with Crippen LogP contribution in [0.25, 0.3) is 33.4 Å². The van der Waals surface area contributed by atoms with Crippen LogP contribution in [0.3, 0.4) is 0 Å². The lowest BCUT2D eigenvalue weighted by atomic mass is 9.97. The maximum atomic E-state index is 11.6. The highest BCUT2D eigenvalue weighted by atomic mass is 79.9. The molecule has 0 radical (unpaired) electrons. The number of carbonyl (C=O) groups is 1. The van der Waals surface area contributed by atoms with Crippen LogP contribution in [0, 0.1) is 6.92 Å². The van der Waals surface area contributed by atoms with E-state index in [-0.39, 0.29) is 5.69 Å². The van der Waals surface area contributed by atoms with E-state index in [0.29, 0.717) is 17.0 Å². The molecule has 0 aliphatic rings. The number of carboxylic acid groups (broad SMARTS) is 1. The maximum Gasteiger partial charge on any atom is 0.354 e. The predicted molar refractivity (Wildman–Crippen MR) is 111 cm³/mol. The Hall–Kier alpha value is -3.19. The first-order chi connectivity index (χ1) is 13.5. The van der Waals surface area contributed by atoms with Crippen molar-refractivity contribution in [3.05, 3.63) is 64.3 Å². The monoisotopic (exact) mass is 437 g/mol. The van der Waals surface area contributed by atoms with Gasteiger partial charge in [-0.25, -0.2) is 9.78 Å². The molecule has 2 heterocycles. The Labute approximate surface area is 169 Å². The molecule has 0 aliphatic heterocycles. The van der Waals surface area contributed by atoms with Crippen molar-refractivity contribution in [1.82, 2.24) is 15.2 Å². The Kier molecular flexibility index (Phi) is 4.60. The average molecular weight is 438 g/mol. The third kappa shape index (κ3) is 3.14. The van der Waals surface area contributed by atoms with Crippen molar-refractivity contribution in [2.75, 3.05) is 7.11 Å². The third-order valence-corrected chi connectivity index (χ3v) is 5.03. The lowest BCUT2D eigenvalue weighted by Crippen LogP contribution is -2.01. The standard InChI is InChI=1S/C21H16BrN3O3/c1-11-3-5-12(6-4-11)19-18-15(14-9-13(22)7-8-17(14)28-2)10-16(21(26)27)23-20(18)25-24-19/h3-10H,1-2H3,(H,26,27)(H,23,24,25). The zero-order valence-electron chi connectivity index (χ0n) is 15.2. The van der Waals surface area contributed by atoms with E-state index in [9.17, 15) is 9.90 Å². The second kappa shape index (κ2) is 7.09. The Morgan fingerprint density at radius 1 is 1.11 bits per heavy atom. The summed E-state index contributed by atoms with van der Waals surface area (Å²) in [5, 5.41) is 17.5. The minimum absolute atomic E-state index is 0.0773. The van der Waals surface area contributed by atoms with E-state index in [4.69, 9.17) is 4.74 Å². The molecular weight excluding hydrogens is 422 g/mol. The third-order valence-electron chi connectivity index (χ3n) is 4.54. The van der Waals surface area contributed by atoms with E-state index in [1.54, 1.807) is 13.2 Å². The fourth-order valence-corrected chi connectivity index (χ4v) is 3.53. The summed E-state index contributed by atoms with van der Waals surface area (Å²) in [5.41, 5.74) is 4.56. The molecule has 28 heavy (non-hydrogen) atoms. The Bertz CT molecular complexity index is 1200. The summed E-state index contributed by atoms with van der Waals surface area (Å²) in [5.74, 6) is -0.486. The highest BCUT2D eigenvalue weighted by Gasteiger charge is 2.20. The lowest BCUT2D eigenvalue weighted by Gasteiger charge is -2.12. The number of rotatable bonds is 4. The van der Waals surface area contributed by atoms with Crippen LogP contribution in [0.1, 0.15) is 16.1 Å². The van der Waals surface area contributed by atoms with Crippen molar-refractivity contribution in [3.63, 3.8) is 0 Å². The van der Waals surface area contributed by atoms with Gasteiger partial charge in [-0.1, -0.05) is 45.8 Å². The number of fused-ring (bicyclic) bond motifs is 1. The van der Waals surface area contributed by atoms with E-state index in [2.05, 4.69) is 31.1 Å². The van der Waals surface area contributed by atoms with Crippen molar-refractivity contribution in [2.24, 2.45) is 0 Å². The second-order valence-corrected chi connectivity index (χ2v) is 7.28. The number of methoxy groups -OCH3 is 1. The number of benzene rings is 2. The van der Waals surface area contributed by atoms with Crippen molar-refractivity contribution < 1.29 is 14.6 Å². The zero-order valence-corrected chi connectivity index (χ0v) is 16.7. The number of halogens is 1. The lowest BCUT2D eigenvalue weighted by molar-refractivity contribution is 0.0691. The molecule has 0 spiro atoms. The van der Waals surface area contributed by atoms with Crippen LogP contribution < -0.4 is 4.74 Å². The number of nitrogens with one attached hydrogen (secondary N) is 1. The van der Waals surface area contributed by atoms with E-state index in [0.717, 1.165) is 32.2 Å². The molecule has 0 bridgehead atoms. The molecular formula is C21H16BrN3O3. The van der Waals surface area contributed by atoms with Crippen molar-refractivity contribution in [1.29, 1.82) is 0 Å². The molecule has 2 N–H and O–H groups in total. The zero-order chi connectivity index (χ0) is 19.8.